The number of carboxylic acid groups (broad SMARTS) is 1. The fourth-order valence-corrected chi connectivity index (χ4v) is 3.54. The van der Waals surface area contributed by atoms with Crippen molar-refractivity contribution in [2.45, 2.75) is 17.4 Å². The highest BCUT2D eigenvalue weighted by molar-refractivity contribution is 7.89. The molecule has 9 heteroatoms. The summed E-state index contributed by atoms with van der Waals surface area (Å²) in [7, 11) is -4.39. The first-order valence-corrected chi connectivity index (χ1v) is 7.08. The zero-order chi connectivity index (χ0) is 15.1. The molecule has 0 spiro atoms. The Hall–Kier alpha value is -1.58. The molecule has 1 aromatic carbocycles. The maximum atomic E-state index is 13.7. The van der Waals surface area contributed by atoms with Crippen LogP contribution in [0.4, 0.5) is 8.78 Å². The topological polar surface area (TPSA) is 94.9 Å². The molecular weight excluding hydrogens is 296 g/mol. The number of carbonyl (C=O) groups is 1. The lowest BCUT2D eigenvalue weighted by molar-refractivity contribution is 0.0696. The number of aromatic carboxylic acids is 1. The number of nitrogens with zero attached hydrogens (tertiary/aromatic N) is 1. The van der Waals surface area contributed by atoms with Gasteiger partial charge in [0.25, 0.3) is 0 Å². The molecule has 1 fully saturated rings. The molecule has 0 bridgehead atoms. The number of carboxylic acids is 1. The molecule has 0 aromatic heterocycles. The zero-order valence-corrected chi connectivity index (χ0v) is 10.9. The maximum absolute atomic E-state index is 13.7. The van der Waals surface area contributed by atoms with Gasteiger partial charge in [0.15, 0.2) is 11.6 Å². The molecule has 1 heterocycles. The standard InChI is InChI=1S/C11H11F2NO5S/c12-8-3-6(11(16)17)4-9(10(8)13)20(18,19)14-2-1-7(15)5-14/h3-4,7,15H,1-2,5H2,(H,16,17)/t7-/m0/s1. The third-order valence-electron chi connectivity index (χ3n) is 2.99. The third-order valence-corrected chi connectivity index (χ3v) is 4.85. The van der Waals surface area contributed by atoms with Crippen molar-refractivity contribution in [1.82, 2.24) is 4.31 Å². The minimum Gasteiger partial charge on any atom is -0.478 e. The second kappa shape index (κ2) is 5.08. The summed E-state index contributed by atoms with van der Waals surface area (Å²) < 4.78 is 52.1. The van der Waals surface area contributed by atoms with Gasteiger partial charge in [-0.2, -0.15) is 4.31 Å². The molecule has 1 aliphatic heterocycles. The van der Waals surface area contributed by atoms with Crippen molar-refractivity contribution in [2.75, 3.05) is 13.1 Å². The number of sulfonamides is 1. The van der Waals surface area contributed by atoms with E-state index in [2.05, 4.69) is 0 Å². The maximum Gasteiger partial charge on any atom is 0.335 e. The van der Waals surface area contributed by atoms with Crippen LogP contribution in [0.3, 0.4) is 0 Å². The van der Waals surface area contributed by atoms with Crippen molar-refractivity contribution in [3.8, 4) is 0 Å². The van der Waals surface area contributed by atoms with E-state index in [1.165, 1.54) is 0 Å². The molecule has 0 saturated carbocycles. The number of rotatable bonds is 3. The van der Waals surface area contributed by atoms with E-state index in [-0.39, 0.29) is 19.5 Å². The molecular formula is C11H11F2NO5S. The summed E-state index contributed by atoms with van der Waals surface area (Å²) in [5, 5.41) is 18.1. The summed E-state index contributed by atoms with van der Waals surface area (Å²) in [5.41, 5.74) is -0.665. The SMILES string of the molecule is O=C(O)c1cc(F)c(F)c(S(=O)(=O)N2CC[C@H](O)C2)c1. The Balaban J connectivity index is 2.54. The Labute approximate surface area is 113 Å². The van der Waals surface area contributed by atoms with Crippen LogP contribution in [0.15, 0.2) is 17.0 Å². The van der Waals surface area contributed by atoms with Gasteiger partial charge in [-0.1, -0.05) is 0 Å². The van der Waals surface area contributed by atoms with E-state index in [1.54, 1.807) is 0 Å². The molecule has 2 N–H and O–H groups in total. The Morgan fingerprint density at radius 1 is 1.35 bits per heavy atom. The van der Waals surface area contributed by atoms with Gasteiger partial charge in [0.05, 0.1) is 11.7 Å². The summed E-state index contributed by atoms with van der Waals surface area (Å²) in [6, 6.07) is 0.982. The van der Waals surface area contributed by atoms with E-state index in [9.17, 15) is 27.1 Å². The highest BCUT2D eigenvalue weighted by atomic mass is 32.2. The lowest BCUT2D eigenvalue weighted by atomic mass is 10.2. The van der Waals surface area contributed by atoms with Gasteiger partial charge >= 0.3 is 5.97 Å². The number of hydrogen-bond donors (Lipinski definition) is 2. The first kappa shape index (κ1) is 14.8. The van der Waals surface area contributed by atoms with Crippen LogP contribution in [-0.2, 0) is 10.0 Å². The minimum absolute atomic E-state index is 0.0398. The summed E-state index contributed by atoms with van der Waals surface area (Å²) >= 11 is 0. The predicted molar refractivity (Wildman–Crippen MR) is 62.7 cm³/mol. The molecule has 20 heavy (non-hydrogen) atoms. The molecule has 0 unspecified atom stereocenters. The smallest absolute Gasteiger partial charge is 0.335 e. The number of aliphatic hydroxyl groups is 1. The predicted octanol–water partition coefficient (Wildman–Crippen LogP) is 0.418. The van der Waals surface area contributed by atoms with Gasteiger partial charge in [0, 0.05) is 13.1 Å². The van der Waals surface area contributed by atoms with Crippen molar-refractivity contribution in [1.29, 1.82) is 0 Å². The van der Waals surface area contributed by atoms with Crippen molar-refractivity contribution in [2.24, 2.45) is 0 Å². The largest absolute Gasteiger partial charge is 0.478 e. The average molecular weight is 307 g/mol. The van der Waals surface area contributed by atoms with E-state index in [0.29, 0.717) is 12.1 Å². The van der Waals surface area contributed by atoms with E-state index < -0.39 is 44.2 Å². The minimum atomic E-state index is -4.39. The van der Waals surface area contributed by atoms with Gasteiger partial charge in [0.2, 0.25) is 10.0 Å². The van der Waals surface area contributed by atoms with E-state index in [1.807, 2.05) is 0 Å². The van der Waals surface area contributed by atoms with E-state index in [0.717, 1.165) is 4.31 Å². The van der Waals surface area contributed by atoms with Crippen molar-refractivity contribution in [3.63, 3.8) is 0 Å². The molecule has 6 nitrogen and oxygen atoms in total. The molecule has 0 amide bonds. The lowest BCUT2D eigenvalue weighted by Crippen LogP contribution is -2.30. The molecule has 1 atom stereocenters. The molecule has 0 radical (unpaired) electrons. The molecule has 1 aliphatic rings. The van der Waals surface area contributed by atoms with Crippen LogP contribution in [-0.4, -0.2) is 48.1 Å². The van der Waals surface area contributed by atoms with Crippen LogP contribution < -0.4 is 0 Å². The summed E-state index contributed by atoms with van der Waals surface area (Å²) in [6.45, 7) is -0.275. The fraction of sp³-hybridized carbons (Fsp3) is 0.364. The molecule has 1 saturated heterocycles. The monoisotopic (exact) mass is 307 g/mol. The average Bonchev–Trinajstić information content (AvgIpc) is 2.79. The lowest BCUT2D eigenvalue weighted by Gasteiger charge is -2.16. The van der Waals surface area contributed by atoms with Gasteiger partial charge in [-0.15, -0.1) is 0 Å². The Bertz CT molecular complexity index is 661. The number of hydrogen-bond acceptors (Lipinski definition) is 4. The third kappa shape index (κ3) is 2.51. The summed E-state index contributed by atoms with van der Waals surface area (Å²) in [6.07, 6.45) is -0.692. The number of β-amino-alcohol motifs (C(OH)–C–C–N with tert-alkyl or cyclic N) is 1. The summed E-state index contributed by atoms with van der Waals surface area (Å²) in [4.78, 5) is 9.74. The first-order valence-electron chi connectivity index (χ1n) is 5.64. The Morgan fingerprint density at radius 3 is 2.50 bits per heavy atom. The van der Waals surface area contributed by atoms with E-state index >= 15 is 0 Å². The Kier molecular flexibility index (Phi) is 3.76. The second-order valence-electron chi connectivity index (χ2n) is 4.38. The highest BCUT2D eigenvalue weighted by Crippen LogP contribution is 2.26. The molecule has 2 rings (SSSR count). The van der Waals surface area contributed by atoms with Crippen LogP contribution in [0.25, 0.3) is 0 Å². The van der Waals surface area contributed by atoms with E-state index in [4.69, 9.17) is 5.11 Å². The zero-order valence-electron chi connectivity index (χ0n) is 10.1. The van der Waals surface area contributed by atoms with Crippen LogP contribution in [0.5, 0.6) is 0 Å². The quantitative estimate of drug-likeness (QED) is 0.844. The van der Waals surface area contributed by atoms with Crippen molar-refractivity contribution >= 4 is 16.0 Å². The normalized spacial score (nSPS) is 20.2. The van der Waals surface area contributed by atoms with Gasteiger partial charge in [-0.3, -0.25) is 0 Å². The molecule has 110 valence electrons. The van der Waals surface area contributed by atoms with Gasteiger partial charge < -0.3 is 10.2 Å². The fourth-order valence-electron chi connectivity index (χ4n) is 1.94. The van der Waals surface area contributed by atoms with Crippen molar-refractivity contribution in [3.05, 3.63) is 29.3 Å². The number of aliphatic hydroxyl groups excluding tert-OH is 1. The van der Waals surface area contributed by atoms with Crippen molar-refractivity contribution < 1.29 is 32.2 Å². The number of halogens is 2. The van der Waals surface area contributed by atoms with Gasteiger partial charge in [0.1, 0.15) is 4.90 Å². The van der Waals surface area contributed by atoms with Crippen LogP contribution >= 0.6 is 0 Å². The number of benzene rings is 1. The van der Waals surface area contributed by atoms with Crippen LogP contribution in [0.1, 0.15) is 16.8 Å². The highest BCUT2D eigenvalue weighted by Gasteiger charge is 2.35. The van der Waals surface area contributed by atoms with Crippen LogP contribution in [0, 0.1) is 11.6 Å². The van der Waals surface area contributed by atoms with Gasteiger partial charge in [-0.05, 0) is 18.6 Å². The van der Waals surface area contributed by atoms with Gasteiger partial charge in [-0.25, -0.2) is 22.0 Å². The Morgan fingerprint density at radius 2 is 2.00 bits per heavy atom. The molecule has 0 aliphatic carbocycles. The first-order chi connectivity index (χ1) is 9.23. The molecule has 1 aromatic rings. The van der Waals surface area contributed by atoms with Crippen LogP contribution in [0.2, 0.25) is 0 Å². The summed E-state index contributed by atoms with van der Waals surface area (Å²) in [5.74, 6) is -4.75. The second-order valence-corrected chi connectivity index (χ2v) is 6.29.